The number of nitrogens with zero attached hydrogens (tertiary/aromatic N) is 1. The molecule has 0 unspecified atom stereocenters. The second kappa shape index (κ2) is 9.53. The van der Waals surface area contributed by atoms with E-state index < -0.39 is 0 Å². The summed E-state index contributed by atoms with van der Waals surface area (Å²) in [5.74, 6) is -0.251. The van der Waals surface area contributed by atoms with Crippen molar-refractivity contribution in [2.24, 2.45) is 5.41 Å². The van der Waals surface area contributed by atoms with Crippen LogP contribution in [0.15, 0.2) is 42.5 Å². The lowest BCUT2D eigenvalue weighted by Crippen LogP contribution is -2.39. The van der Waals surface area contributed by atoms with Crippen molar-refractivity contribution < 1.29 is 14.0 Å². The lowest BCUT2D eigenvalue weighted by atomic mass is 9.70. The molecule has 170 valence electrons. The number of carbonyl (C=O) groups is 2. The molecule has 1 amide bonds. The lowest BCUT2D eigenvalue weighted by molar-refractivity contribution is -0.114. The average molecular weight is 437 g/mol. The van der Waals surface area contributed by atoms with E-state index in [0.29, 0.717) is 23.4 Å². The van der Waals surface area contributed by atoms with Crippen LogP contribution in [-0.4, -0.2) is 36.2 Å². The first-order chi connectivity index (χ1) is 15.3. The first-order valence-electron chi connectivity index (χ1n) is 11.7. The lowest BCUT2D eigenvalue weighted by Gasteiger charge is -2.40. The van der Waals surface area contributed by atoms with Crippen LogP contribution in [0.1, 0.15) is 66.9 Å². The number of anilines is 1. The van der Waals surface area contributed by atoms with Crippen LogP contribution in [0.5, 0.6) is 0 Å². The molecule has 0 heterocycles. The van der Waals surface area contributed by atoms with Gasteiger partial charge in [-0.15, -0.1) is 0 Å². The van der Waals surface area contributed by atoms with Crippen LogP contribution in [0.3, 0.4) is 0 Å². The molecule has 1 fully saturated rings. The molecule has 0 saturated heterocycles. The first-order valence-corrected chi connectivity index (χ1v) is 11.7. The number of hydrogen-bond donors (Lipinski definition) is 1. The molecule has 2 aromatic carbocycles. The van der Waals surface area contributed by atoms with E-state index in [-0.39, 0.29) is 17.5 Å². The normalized spacial score (nSPS) is 22.2. The Hall–Kier alpha value is -2.53. The van der Waals surface area contributed by atoms with E-state index >= 15 is 0 Å². The Labute approximate surface area is 190 Å². The highest BCUT2D eigenvalue weighted by Crippen LogP contribution is 2.48. The van der Waals surface area contributed by atoms with Gasteiger partial charge in [0.05, 0.1) is 0 Å². The van der Waals surface area contributed by atoms with Crippen LogP contribution in [0.25, 0.3) is 0 Å². The SMILES string of the molecule is CC(=O)Nc1ccc2c(c1)CC1(CCC(N(C)CCCC(=O)c3ccc(F)cc3)CC1)C2. The summed E-state index contributed by atoms with van der Waals surface area (Å²) in [4.78, 5) is 26.1. The van der Waals surface area contributed by atoms with Crippen LogP contribution in [0.2, 0.25) is 0 Å². The fourth-order valence-electron chi connectivity index (χ4n) is 5.58. The van der Waals surface area contributed by atoms with Gasteiger partial charge >= 0.3 is 0 Å². The minimum atomic E-state index is -0.310. The number of nitrogens with one attached hydrogen (secondary N) is 1. The molecule has 32 heavy (non-hydrogen) atoms. The molecule has 2 aromatic rings. The molecule has 0 radical (unpaired) electrons. The summed E-state index contributed by atoms with van der Waals surface area (Å²) in [5, 5.41) is 2.90. The number of hydrogen-bond acceptors (Lipinski definition) is 3. The summed E-state index contributed by atoms with van der Waals surface area (Å²) in [6.45, 7) is 2.45. The summed E-state index contributed by atoms with van der Waals surface area (Å²) in [5.41, 5.74) is 4.69. The Morgan fingerprint density at radius 2 is 1.75 bits per heavy atom. The number of halogens is 1. The molecule has 1 spiro atoms. The van der Waals surface area contributed by atoms with Gasteiger partial charge in [-0.1, -0.05) is 6.07 Å². The van der Waals surface area contributed by atoms with Crippen molar-refractivity contribution in [3.63, 3.8) is 0 Å². The minimum absolute atomic E-state index is 0.0272. The molecule has 2 aliphatic carbocycles. The number of rotatable bonds is 7. The topological polar surface area (TPSA) is 49.4 Å². The third-order valence-electron chi connectivity index (χ3n) is 7.38. The predicted molar refractivity (Wildman–Crippen MR) is 125 cm³/mol. The molecular weight excluding hydrogens is 403 g/mol. The zero-order valence-corrected chi connectivity index (χ0v) is 19.1. The highest BCUT2D eigenvalue weighted by molar-refractivity contribution is 5.95. The number of ketones is 1. The van der Waals surface area contributed by atoms with Gasteiger partial charge in [0.15, 0.2) is 5.78 Å². The maximum atomic E-state index is 13.0. The largest absolute Gasteiger partial charge is 0.326 e. The molecule has 0 aliphatic heterocycles. The zero-order valence-electron chi connectivity index (χ0n) is 19.1. The summed E-state index contributed by atoms with van der Waals surface area (Å²) in [6, 6.07) is 12.8. The van der Waals surface area contributed by atoms with Crippen molar-refractivity contribution >= 4 is 17.4 Å². The van der Waals surface area contributed by atoms with Crippen molar-refractivity contribution in [3.8, 4) is 0 Å². The molecule has 0 atom stereocenters. The van der Waals surface area contributed by atoms with E-state index in [1.165, 1.54) is 48.9 Å². The quantitative estimate of drug-likeness (QED) is 0.591. The van der Waals surface area contributed by atoms with Gasteiger partial charge in [-0.3, -0.25) is 9.59 Å². The number of benzene rings is 2. The Balaban J connectivity index is 1.24. The average Bonchev–Trinajstić information content (AvgIpc) is 3.11. The van der Waals surface area contributed by atoms with Gasteiger partial charge in [0, 0.05) is 30.6 Å². The number of Topliss-reactive ketones (excluding diaryl/α,β-unsaturated/α-hetero) is 1. The first kappa shape index (κ1) is 22.7. The van der Waals surface area contributed by atoms with Gasteiger partial charge in [0.2, 0.25) is 5.91 Å². The molecule has 5 heteroatoms. The Morgan fingerprint density at radius 3 is 2.44 bits per heavy atom. The standard InChI is InChI=1S/C27H33FN2O2/c1-19(31)29-24-10-7-21-17-27(18-22(21)16-24)13-11-25(12-14-27)30(2)15-3-4-26(32)20-5-8-23(28)9-6-20/h5-10,16,25H,3-4,11-15,17-18H2,1-2H3,(H,29,31). The number of carbonyl (C=O) groups excluding carboxylic acids is 2. The summed E-state index contributed by atoms with van der Waals surface area (Å²) in [7, 11) is 2.17. The van der Waals surface area contributed by atoms with Gasteiger partial charge in [-0.25, -0.2) is 4.39 Å². The fourth-order valence-corrected chi connectivity index (χ4v) is 5.58. The maximum absolute atomic E-state index is 13.0. The molecular formula is C27H33FN2O2. The van der Waals surface area contributed by atoms with Crippen LogP contribution < -0.4 is 5.32 Å². The third kappa shape index (κ3) is 5.26. The molecule has 1 saturated carbocycles. The van der Waals surface area contributed by atoms with E-state index in [1.807, 2.05) is 6.07 Å². The van der Waals surface area contributed by atoms with Crippen molar-refractivity contribution in [1.82, 2.24) is 4.90 Å². The monoisotopic (exact) mass is 436 g/mol. The summed E-state index contributed by atoms with van der Waals surface area (Å²) in [6.07, 6.45) is 8.40. The molecule has 1 N–H and O–H groups in total. The van der Waals surface area contributed by atoms with Gasteiger partial charge in [-0.05, 0) is 111 Å². The zero-order chi connectivity index (χ0) is 22.7. The van der Waals surface area contributed by atoms with E-state index in [1.54, 1.807) is 19.1 Å². The second-order valence-corrected chi connectivity index (χ2v) is 9.76. The van der Waals surface area contributed by atoms with Gasteiger partial charge < -0.3 is 10.2 Å². The van der Waals surface area contributed by atoms with E-state index in [4.69, 9.17) is 0 Å². The third-order valence-corrected chi connectivity index (χ3v) is 7.38. The van der Waals surface area contributed by atoms with E-state index in [9.17, 15) is 14.0 Å². The molecule has 4 nitrogen and oxygen atoms in total. The number of fused-ring (bicyclic) bond motifs is 1. The maximum Gasteiger partial charge on any atom is 0.221 e. The van der Waals surface area contributed by atoms with Crippen molar-refractivity contribution in [1.29, 1.82) is 0 Å². The summed E-state index contributed by atoms with van der Waals surface area (Å²) >= 11 is 0. The van der Waals surface area contributed by atoms with Crippen LogP contribution in [0.4, 0.5) is 10.1 Å². The predicted octanol–water partition coefficient (Wildman–Crippen LogP) is 5.41. The molecule has 0 aromatic heterocycles. The van der Waals surface area contributed by atoms with Gasteiger partial charge in [0.25, 0.3) is 0 Å². The Kier molecular flexibility index (Phi) is 6.75. The van der Waals surface area contributed by atoms with E-state index in [2.05, 4.69) is 29.4 Å². The van der Waals surface area contributed by atoms with E-state index in [0.717, 1.165) is 31.5 Å². The second-order valence-electron chi connectivity index (χ2n) is 9.76. The highest BCUT2D eigenvalue weighted by Gasteiger charge is 2.40. The van der Waals surface area contributed by atoms with Crippen molar-refractivity contribution in [2.75, 3.05) is 18.9 Å². The van der Waals surface area contributed by atoms with Crippen LogP contribution in [-0.2, 0) is 17.6 Å². The van der Waals surface area contributed by atoms with Crippen LogP contribution in [0, 0.1) is 11.2 Å². The minimum Gasteiger partial charge on any atom is -0.326 e. The summed E-state index contributed by atoms with van der Waals surface area (Å²) < 4.78 is 13.0. The van der Waals surface area contributed by atoms with Crippen molar-refractivity contribution in [2.45, 2.75) is 64.3 Å². The van der Waals surface area contributed by atoms with Crippen LogP contribution >= 0.6 is 0 Å². The highest BCUT2D eigenvalue weighted by atomic mass is 19.1. The molecule has 4 rings (SSSR count). The molecule has 2 aliphatic rings. The number of amides is 1. The molecule has 0 bridgehead atoms. The Morgan fingerprint density at radius 1 is 1.06 bits per heavy atom. The van der Waals surface area contributed by atoms with Crippen molar-refractivity contribution in [3.05, 3.63) is 65.0 Å². The fraction of sp³-hybridized carbons (Fsp3) is 0.481. The van der Waals surface area contributed by atoms with Gasteiger partial charge in [0.1, 0.15) is 5.82 Å². The smallest absolute Gasteiger partial charge is 0.221 e. The van der Waals surface area contributed by atoms with Gasteiger partial charge in [-0.2, -0.15) is 0 Å². The Bertz CT molecular complexity index is 978.